The first kappa shape index (κ1) is 7.97. The molecule has 0 fully saturated rings. The van der Waals surface area contributed by atoms with E-state index in [-0.39, 0.29) is 5.69 Å². The molecule has 2 rings (SSSR count). The number of pyridine rings is 1. The van der Waals surface area contributed by atoms with E-state index in [0.29, 0.717) is 0 Å². The highest BCUT2D eigenvalue weighted by atomic mass is 16.6. The summed E-state index contributed by atoms with van der Waals surface area (Å²) in [5.74, 6) is 0. The topological polar surface area (TPSA) is 76.0 Å². The Kier molecular flexibility index (Phi) is 1.65. The van der Waals surface area contributed by atoms with Crippen LogP contribution in [0.15, 0.2) is 10.9 Å². The van der Waals surface area contributed by atoms with E-state index >= 15 is 0 Å². The molecule has 0 radical (unpaired) electrons. The van der Waals surface area contributed by atoms with Gasteiger partial charge in [-0.25, -0.2) is 0 Å². The molecule has 5 heteroatoms. The highest BCUT2D eigenvalue weighted by molar-refractivity contribution is 5.36. The molecule has 1 aromatic heterocycles. The number of H-pyrrole nitrogens is 1. The third-order valence-corrected chi connectivity index (χ3v) is 2.27. The van der Waals surface area contributed by atoms with Gasteiger partial charge in [0.2, 0.25) is 0 Å². The highest BCUT2D eigenvalue weighted by Gasteiger charge is 2.19. The van der Waals surface area contributed by atoms with Crippen LogP contribution in [0, 0.1) is 10.1 Å². The van der Waals surface area contributed by atoms with Crippen molar-refractivity contribution in [3.8, 4) is 0 Å². The van der Waals surface area contributed by atoms with Gasteiger partial charge in [0, 0.05) is 11.8 Å². The van der Waals surface area contributed by atoms with Crippen LogP contribution in [0.5, 0.6) is 0 Å². The summed E-state index contributed by atoms with van der Waals surface area (Å²) >= 11 is 0. The highest BCUT2D eigenvalue weighted by Crippen LogP contribution is 2.20. The molecule has 0 saturated heterocycles. The van der Waals surface area contributed by atoms with Crippen LogP contribution >= 0.6 is 0 Å². The number of nitro groups is 1. The first-order valence-electron chi connectivity index (χ1n) is 4.08. The summed E-state index contributed by atoms with van der Waals surface area (Å²) in [5, 5.41) is 10.4. The number of aromatic amines is 1. The zero-order valence-corrected chi connectivity index (χ0v) is 6.87. The van der Waals surface area contributed by atoms with Crippen molar-refractivity contribution in [1.29, 1.82) is 0 Å². The Bertz CT molecular complexity index is 422. The Labute approximate surface area is 73.6 Å². The van der Waals surface area contributed by atoms with Gasteiger partial charge in [-0.15, -0.1) is 0 Å². The van der Waals surface area contributed by atoms with E-state index in [1.165, 1.54) is 6.07 Å². The fourth-order valence-electron chi connectivity index (χ4n) is 1.64. The number of rotatable bonds is 1. The standard InChI is InChI=1S/C8H8N2O3/c11-8-7(10(12)13)4-5-2-1-3-6(5)9-8/h4H,1-3H2,(H,9,11). The predicted octanol–water partition coefficient (Wildman–Crippen LogP) is 0.772. The van der Waals surface area contributed by atoms with Gasteiger partial charge in [-0.1, -0.05) is 0 Å². The zero-order chi connectivity index (χ0) is 9.42. The van der Waals surface area contributed by atoms with Crippen molar-refractivity contribution in [2.75, 3.05) is 0 Å². The number of hydrogen-bond donors (Lipinski definition) is 1. The summed E-state index contributed by atoms with van der Waals surface area (Å²) in [4.78, 5) is 23.4. The predicted molar refractivity (Wildman–Crippen MR) is 45.7 cm³/mol. The lowest BCUT2D eigenvalue weighted by atomic mass is 10.2. The van der Waals surface area contributed by atoms with E-state index < -0.39 is 10.5 Å². The summed E-state index contributed by atoms with van der Waals surface area (Å²) in [6.07, 6.45) is 2.61. The lowest BCUT2D eigenvalue weighted by Crippen LogP contribution is -2.13. The molecule has 1 aromatic rings. The second-order valence-corrected chi connectivity index (χ2v) is 3.10. The van der Waals surface area contributed by atoms with Crippen LogP contribution in [-0.4, -0.2) is 9.91 Å². The molecule has 0 amide bonds. The van der Waals surface area contributed by atoms with Gasteiger partial charge in [0.1, 0.15) is 0 Å². The van der Waals surface area contributed by atoms with Crippen molar-refractivity contribution in [2.45, 2.75) is 19.3 Å². The summed E-state index contributed by atoms with van der Waals surface area (Å²) in [6.45, 7) is 0. The number of hydrogen-bond acceptors (Lipinski definition) is 3. The number of nitrogens with zero attached hydrogens (tertiary/aromatic N) is 1. The lowest BCUT2D eigenvalue weighted by Gasteiger charge is -1.96. The van der Waals surface area contributed by atoms with E-state index in [0.717, 1.165) is 30.5 Å². The molecule has 0 saturated carbocycles. The van der Waals surface area contributed by atoms with Crippen LogP contribution in [-0.2, 0) is 12.8 Å². The van der Waals surface area contributed by atoms with Gasteiger partial charge in [-0.2, -0.15) is 0 Å². The quantitative estimate of drug-likeness (QED) is 0.512. The molecule has 1 aliphatic carbocycles. The van der Waals surface area contributed by atoms with E-state index in [9.17, 15) is 14.9 Å². The number of nitrogens with one attached hydrogen (secondary N) is 1. The Hall–Kier alpha value is -1.65. The van der Waals surface area contributed by atoms with Gasteiger partial charge >= 0.3 is 11.2 Å². The summed E-state index contributed by atoms with van der Waals surface area (Å²) in [6, 6.07) is 1.39. The van der Waals surface area contributed by atoms with Gasteiger partial charge in [-0.3, -0.25) is 14.9 Å². The van der Waals surface area contributed by atoms with Crippen molar-refractivity contribution in [3.63, 3.8) is 0 Å². The van der Waals surface area contributed by atoms with Gasteiger partial charge in [0.25, 0.3) is 0 Å². The van der Waals surface area contributed by atoms with Crippen LogP contribution in [0.1, 0.15) is 17.7 Å². The monoisotopic (exact) mass is 180 g/mol. The molecule has 0 aliphatic heterocycles. The molecule has 0 unspecified atom stereocenters. The molecular weight excluding hydrogens is 172 g/mol. The maximum atomic E-state index is 11.1. The van der Waals surface area contributed by atoms with Crippen molar-refractivity contribution in [2.24, 2.45) is 0 Å². The molecule has 68 valence electrons. The zero-order valence-electron chi connectivity index (χ0n) is 6.87. The minimum Gasteiger partial charge on any atom is -0.320 e. The lowest BCUT2D eigenvalue weighted by molar-refractivity contribution is -0.386. The minimum atomic E-state index is -0.641. The van der Waals surface area contributed by atoms with Gasteiger partial charge in [0.05, 0.1) is 4.92 Å². The molecule has 0 bridgehead atoms. The van der Waals surface area contributed by atoms with Crippen molar-refractivity contribution >= 4 is 5.69 Å². The van der Waals surface area contributed by atoms with E-state index in [1.807, 2.05) is 0 Å². The van der Waals surface area contributed by atoms with Gasteiger partial charge < -0.3 is 4.98 Å². The van der Waals surface area contributed by atoms with E-state index in [1.54, 1.807) is 0 Å². The summed E-state index contributed by atoms with van der Waals surface area (Å²) in [7, 11) is 0. The van der Waals surface area contributed by atoms with Crippen LogP contribution in [0.25, 0.3) is 0 Å². The number of aromatic nitrogens is 1. The second kappa shape index (κ2) is 2.69. The maximum Gasteiger partial charge on any atom is 0.334 e. The largest absolute Gasteiger partial charge is 0.334 e. The van der Waals surface area contributed by atoms with E-state index in [2.05, 4.69) is 4.98 Å². The molecule has 1 N–H and O–H groups in total. The first-order valence-corrected chi connectivity index (χ1v) is 4.08. The van der Waals surface area contributed by atoms with Gasteiger partial charge in [-0.05, 0) is 24.8 Å². The molecule has 5 nitrogen and oxygen atoms in total. The number of aryl methyl sites for hydroxylation is 2. The molecule has 1 heterocycles. The molecule has 13 heavy (non-hydrogen) atoms. The average Bonchev–Trinajstić information content (AvgIpc) is 2.48. The normalized spacial score (nSPS) is 14.2. The fourth-order valence-corrected chi connectivity index (χ4v) is 1.64. The maximum absolute atomic E-state index is 11.1. The summed E-state index contributed by atoms with van der Waals surface area (Å²) < 4.78 is 0. The van der Waals surface area contributed by atoms with Crippen LogP contribution in [0.4, 0.5) is 5.69 Å². The Morgan fingerprint density at radius 2 is 2.23 bits per heavy atom. The molecule has 0 atom stereocenters. The molecule has 1 aliphatic rings. The van der Waals surface area contributed by atoms with Crippen LogP contribution in [0.2, 0.25) is 0 Å². The Balaban J connectivity index is 2.62. The van der Waals surface area contributed by atoms with Crippen molar-refractivity contribution in [3.05, 3.63) is 37.8 Å². The Morgan fingerprint density at radius 3 is 2.92 bits per heavy atom. The SMILES string of the molecule is O=c1[nH]c2c(cc1[N+](=O)[O-])CCC2. The van der Waals surface area contributed by atoms with E-state index in [4.69, 9.17) is 0 Å². The fraction of sp³-hybridized carbons (Fsp3) is 0.375. The van der Waals surface area contributed by atoms with Crippen LogP contribution < -0.4 is 5.56 Å². The average molecular weight is 180 g/mol. The second-order valence-electron chi connectivity index (χ2n) is 3.10. The summed E-state index contributed by atoms with van der Waals surface area (Å²) in [5.41, 5.74) is 0.827. The van der Waals surface area contributed by atoms with Crippen molar-refractivity contribution in [1.82, 2.24) is 4.98 Å². The number of fused-ring (bicyclic) bond motifs is 1. The third kappa shape index (κ3) is 1.22. The van der Waals surface area contributed by atoms with Gasteiger partial charge in [0.15, 0.2) is 0 Å². The Morgan fingerprint density at radius 1 is 1.46 bits per heavy atom. The molecular formula is C8H8N2O3. The molecule has 0 aromatic carbocycles. The van der Waals surface area contributed by atoms with Crippen molar-refractivity contribution < 1.29 is 4.92 Å². The third-order valence-electron chi connectivity index (χ3n) is 2.27. The first-order chi connectivity index (χ1) is 6.18. The van der Waals surface area contributed by atoms with Crippen LogP contribution in [0.3, 0.4) is 0 Å². The molecule has 0 spiro atoms. The minimum absolute atomic E-state index is 0.347. The smallest absolute Gasteiger partial charge is 0.320 e.